The van der Waals surface area contributed by atoms with Gasteiger partial charge in [-0.2, -0.15) is 0 Å². The summed E-state index contributed by atoms with van der Waals surface area (Å²) >= 11 is 0. The maximum absolute atomic E-state index is 11.5. The number of benzene rings is 1. The molecule has 4 fully saturated rings. The van der Waals surface area contributed by atoms with Crippen molar-refractivity contribution in [1.82, 2.24) is 0 Å². The summed E-state index contributed by atoms with van der Waals surface area (Å²) in [6, 6.07) is 4.50. The molecule has 0 radical (unpaired) electrons. The molecular weight excluding hydrogens is 304 g/mol. The van der Waals surface area contributed by atoms with Crippen molar-refractivity contribution in [3.8, 4) is 11.8 Å². The van der Waals surface area contributed by atoms with Crippen LogP contribution in [0.5, 0.6) is 0 Å². The lowest BCUT2D eigenvalue weighted by Gasteiger charge is -2.54. The minimum Gasteiger partial charge on any atom is -0.478 e. The second-order valence-corrected chi connectivity index (χ2v) is 7.79. The van der Waals surface area contributed by atoms with Crippen LogP contribution in [0.2, 0.25) is 0 Å². The molecule has 4 bridgehead atoms. The van der Waals surface area contributed by atoms with Gasteiger partial charge in [-0.05, 0) is 68.4 Å². The zero-order chi connectivity index (χ0) is 16.9. The first-order chi connectivity index (χ1) is 11.5. The van der Waals surface area contributed by atoms with Crippen LogP contribution in [0, 0.1) is 35.0 Å². The lowest BCUT2D eigenvalue weighted by atomic mass is 9.50. The van der Waals surface area contributed by atoms with Crippen LogP contribution in [-0.2, 0) is 0 Å². The quantitative estimate of drug-likeness (QED) is 0.814. The molecule has 0 spiro atoms. The van der Waals surface area contributed by atoms with Crippen molar-refractivity contribution in [3.05, 3.63) is 34.9 Å². The third-order valence-corrected chi connectivity index (χ3v) is 6.01. The highest BCUT2D eigenvalue weighted by Gasteiger charge is 2.50. The summed E-state index contributed by atoms with van der Waals surface area (Å²) in [7, 11) is 0. The molecule has 4 nitrogen and oxygen atoms in total. The van der Waals surface area contributed by atoms with E-state index in [4.69, 9.17) is 0 Å². The fourth-order valence-electron chi connectivity index (χ4n) is 5.53. The van der Waals surface area contributed by atoms with Gasteiger partial charge in [0.1, 0.15) is 0 Å². The number of aromatic carboxylic acids is 2. The average Bonchev–Trinajstić information content (AvgIpc) is 2.51. The van der Waals surface area contributed by atoms with E-state index in [1.165, 1.54) is 25.3 Å². The van der Waals surface area contributed by atoms with Crippen molar-refractivity contribution in [2.45, 2.75) is 38.5 Å². The van der Waals surface area contributed by atoms with Gasteiger partial charge in [-0.15, -0.1) is 0 Å². The molecule has 5 rings (SSSR count). The lowest BCUT2D eigenvalue weighted by Crippen LogP contribution is -2.45. The number of hydrogen-bond donors (Lipinski definition) is 2. The van der Waals surface area contributed by atoms with E-state index in [1.54, 1.807) is 12.1 Å². The van der Waals surface area contributed by atoms with Crippen molar-refractivity contribution in [1.29, 1.82) is 0 Å². The Kier molecular flexibility index (Phi) is 3.42. The minimum atomic E-state index is -1.23. The van der Waals surface area contributed by atoms with E-state index < -0.39 is 11.9 Å². The average molecular weight is 324 g/mol. The molecule has 0 amide bonds. The van der Waals surface area contributed by atoms with E-state index in [9.17, 15) is 19.8 Å². The molecule has 4 saturated carbocycles. The third-order valence-electron chi connectivity index (χ3n) is 6.01. The van der Waals surface area contributed by atoms with Gasteiger partial charge in [0.15, 0.2) is 0 Å². The molecule has 4 aliphatic carbocycles. The summed E-state index contributed by atoms with van der Waals surface area (Å²) in [5.41, 5.74) is -0.0517. The number of carboxylic acids is 2. The zero-order valence-electron chi connectivity index (χ0n) is 13.4. The Morgan fingerprint density at radius 3 is 2.04 bits per heavy atom. The van der Waals surface area contributed by atoms with Gasteiger partial charge in [0, 0.05) is 11.0 Å². The SMILES string of the molecule is O=C(O)c1cccc(C#CC23CC4CC(CC(C4)C2)C3)c1C(=O)O. The van der Waals surface area contributed by atoms with Crippen molar-refractivity contribution >= 4 is 11.9 Å². The number of carbonyl (C=O) groups is 2. The largest absolute Gasteiger partial charge is 0.478 e. The molecule has 4 heteroatoms. The standard InChI is InChI=1S/C20H20O4/c21-18(22)16-3-1-2-15(17(16)19(23)24)4-5-20-9-12-6-13(10-20)8-14(7-12)11-20/h1-3,12-14H,6-11H2,(H,21,22)(H,23,24). The van der Waals surface area contributed by atoms with Crippen LogP contribution in [0.4, 0.5) is 0 Å². The van der Waals surface area contributed by atoms with Crippen LogP contribution in [-0.4, -0.2) is 22.2 Å². The van der Waals surface area contributed by atoms with Crippen LogP contribution in [0.3, 0.4) is 0 Å². The molecule has 1 aromatic carbocycles. The van der Waals surface area contributed by atoms with Gasteiger partial charge in [-0.3, -0.25) is 0 Å². The van der Waals surface area contributed by atoms with Crippen LogP contribution in [0.1, 0.15) is 64.8 Å². The van der Waals surface area contributed by atoms with E-state index in [2.05, 4.69) is 11.8 Å². The van der Waals surface area contributed by atoms with Crippen LogP contribution >= 0.6 is 0 Å². The first-order valence-electron chi connectivity index (χ1n) is 8.58. The van der Waals surface area contributed by atoms with Crippen LogP contribution in [0.15, 0.2) is 18.2 Å². The summed E-state index contributed by atoms with van der Waals surface area (Å²) < 4.78 is 0. The summed E-state index contributed by atoms with van der Waals surface area (Å²) in [4.78, 5) is 22.8. The fraction of sp³-hybridized carbons (Fsp3) is 0.500. The Balaban J connectivity index is 1.72. The van der Waals surface area contributed by atoms with Crippen molar-refractivity contribution in [2.24, 2.45) is 23.2 Å². The summed E-state index contributed by atoms with van der Waals surface area (Å²) in [5.74, 6) is 6.31. The molecular formula is C20H20O4. The number of rotatable bonds is 2. The Morgan fingerprint density at radius 1 is 0.958 bits per heavy atom. The van der Waals surface area contributed by atoms with Crippen molar-refractivity contribution in [3.63, 3.8) is 0 Å². The van der Waals surface area contributed by atoms with Crippen LogP contribution in [0.25, 0.3) is 0 Å². The molecule has 0 saturated heterocycles. The van der Waals surface area contributed by atoms with Crippen molar-refractivity contribution < 1.29 is 19.8 Å². The predicted octanol–water partition coefficient (Wildman–Crippen LogP) is 3.65. The third kappa shape index (κ3) is 2.49. The van der Waals surface area contributed by atoms with Gasteiger partial charge in [0.25, 0.3) is 0 Å². The van der Waals surface area contributed by atoms with Gasteiger partial charge >= 0.3 is 11.9 Å². The number of carboxylic acid groups (broad SMARTS) is 2. The Hall–Kier alpha value is -2.28. The molecule has 0 atom stereocenters. The molecule has 4 aliphatic rings. The fourth-order valence-corrected chi connectivity index (χ4v) is 5.53. The Labute approximate surface area is 140 Å². The normalized spacial score (nSPS) is 32.9. The lowest BCUT2D eigenvalue weighted by molar-refractivity contribution is -0.0181. The first kappa shape index (κ1) is 15.3. The van der Waals surface area contributed by atoms with E-state index in [-0.39, 0.29) is 16.5 Å². The van der Waals surface area contributed by atoms with Crippen molar-refractivity contribution in [2.75, 3.05) is 0 Å². The molecule has 0 aromatic heterocycles. The van der Waals surface area contributed by atoms with Gasteiger partial charge in [-0.1, -0.05) is 17.9 Å². The van der Waals surface area contributed by atoms with E-state index in [0.29, 0.717) is 5.56 Å². The van der Waals surface area contributed by atoms with Gasteiger partial charge < -0.3 is 10.2 Å². The van der Waals surface area contributed by atoms with Gasteiger partial charge in [0.2, 0.25) is 0 Å². The zero-order valence-corrected chi connectivity index (χ0v) is 13.4. The van der Waals surface area contributed by atoms with Gasteiger partial charge in [0.05, 0.1) is 11.1 Å². The number of hydrogen-bond acceptors (Lipinski definition) is 2. The maximum atomic E-state index is 11.5. The second kappa shape index (κ2) is 5.37. The van der Waals surface area contributed by atoms with E-state index in [1.807, 2.05) is 0 Å². The Morgan fingerprint density at radius 2 is 1.54 bits per heavy atom. The highest BCUT2D eigenvalue weighted by atomic mass is 16.4. The van der Waals surface area contributed by atoms with E-state index in [0.717, 1.165) is 37.0 Å². The highest BCUT2D eigenvalue weighted by molar-refractivity contribution is 6.03. The monoisotopic (exact) mass is 324 g/mol. The molecule has 0 aliphatic heterocycles. The minimum absolute atomic E-state index is 0.0176. The molecule has 1 aromatic rings. The summed E-state index contributed by atoms with van der Waals surface area (Å²) in [6.45, 7) is 0. The highest BCUT2D eigenvalue weighted by Crippen LogP contribution is 2.59. The topological polar surface area (TPSA) is 74.6 Å². The first-order valence-corrected chi connectivity index (χ1v) is 8.58. The summed E-state index contributed by atoms with van der Waals surface area (Å²) in [6.07, 6.45) is 7.34. The second-order valence-electron chi connectivity index (χ2n) is 7.79. The molecule has 2 N–H and O–H groups in total. The summed E-state index contributed by atoms with van der Waals surface area (Å²) in [5, 5.41) is 18.7. The molecule has 0 unspecified atom stereocenters. The molecule has 124 valence electrons. The molecule has 0 heterocycles. The van der Waals surface area contributed by atoms with Crippen LogP contribution < -0.4 is 0 Å². The predicted molar refractivity (Wildman–Crippen MR) is 87.8 cm³/mol. The smallest absolute Gasteiger partial charge is 0.337 e. The van der Waals surface area contributed by atoms with E-state index >= 15 is 0 Å². The Bertz CT molecular complexity index is 745. The maximum Gasteiger partial charge on any atom is 0.337 e. The molecule has 24 heavy (non-hydrogen) atoms. The van der Waals surface area contributed by atoms with Gasteiger partial charge in [-0.25, -0.2) is 9.59 Å².